The molecule has 2 aliphatic heterocycles. The smallest absolute Gasteiger partial charge is 0.333 e. The van der Waals surface area contributed by atoms with Crippen molar-refractivity contribution in [3.05, 3.63) is 0 Å². The molecule has 0 aliphatic carbocycles. The van der Waals surface area contributed by atoms with Gasteiger partial charge in [-0.3, -0.25) is 28.8 Å². The van der Waals surface area contributed by atoms with Gasteiger partial charge in [0.1, 0.15) is 0 Å². The van der Waals surface area contributed by atoms with Crippen molar-refractivity contribution in [2.45, 2.75) is 51.4 Å². The van der Waals surface area contributed by atoms with Crippen LogP contribution in [-0.2, 0) is 48.0 Å². The summed E-state index contributed by atoms with van der Waals surface area (Å²) in [5.41, 5.74) is 0. The van der Waals surface area contributed by atoms with Gasteiger partial charge in [-0.05, 0) is 12.8 Å². The molecule has 174 valence electrons. The molecule has 2 fully saturated rings. The Kier molecular flexibility index (Phi) is 8.80. The van der Waals surface area contributed by atoms with Crippen molar-refractivity contribution in [2.24, 2.45) is 0 Å². The molecule has 0 unspecified atom stereocenters. The Morgan fingerprint density at radius 1 is 0.625 bits per heavy atom. The first kappa shape index (κ1) is 24.4. The van der Waals surface area contributed by atoms with Crippen molar-refractivity contribution < 1.29 is 48.0 Å². The van der Waals surface area contributed by atoms with Gasteiger partial charge in [0, 0.05) is 51.6 Å². The van der Waals surface area contributed by atoms with Crippen LogP contribution in [-0.4, -0.2) is 70.6 Å². The van der Waals surface area contributed by atoms with E-state index in [2.05, 4.69) is 20.3 Å². The van der Waals surface area contributed by atoms with Crippen LogP contribution in [0.25, 0.3) is 0 Å². The van der Waals surface area contributed by atoms with Crippen LogP contribution in [0.15, 0.2) is 0 Å². The zero-order chi connectivity index (χ0) is 23.7. The Morgan fingerprint density at radius 2 is 0.938 bits per heavy atom. The maximum atomic E-state index is 11.7. The SMILES string of the molecule is O=C(CCCNC(=O)C(=O)NCCCC(=O)ON1C(=O)CCC1=O)ON1C(=O)CCC1=O. The van der Waals surface area contributed by atoms with Crippen molar-refractivity contribution in [3.63, 3.8) is 0 Å². The molecular weight excluding hydrogens is 432 g/mol. The van der Waals surface area contributed by atoms with Gasteiger partial charge in [-0.25, -0.2) is 9.59 Å². The third kappa shape index (κ3) is 7.14. The van der Waals surface area contributed by atoms with Crippen LogP contribution in [0.3, 0.4) is 0 Å². The van der Waals surface area contributed by atoms with Gasteiger partial charge in [-0.2, -0.15) is 0 Å². The van der Waals surface area contributed by atoms with Crippen molar-refractivity contribution >= 4 is 47.4 Å². The lowest BCUT2D eigenvalue weighted by atomic mass is 10.3. The van der Waals surface area contributed by atoms with Gasteiger partial charge < -0.3 is 20.3 Å². The maximum Gasteiger partial charge on any atom is 0.333 e. The summed E-state index contributed by atoms with van der Waals surface area (Å²) in [5, 5.41) is 5.40. The number of rotatable bonds is 10. The molecule has 2 heterocycles. The van der Waals surface area contributed by atoms with Crippen LogP contribution in [0.1, 0.15) is 51.4 Å². The Hall–Kier alpha value is -3.84. The van der Waals surface area contributed by atoms with Crippen LogP contribution in [0.4, 0.5) is 0 Å². The van der Waals surface area contributed by atoms with Crippen molar-refractivity contribution in [1.82, 2.24) is 20.8 Å². The number of nitrogens with zero attached hydrogens (tertiary/aromatic N) is 2. The van der Waals surface area contributed by atoms with Gasteiger partial charge in [0.25, 0.3) is 23.6 Å². The summed E-state index contributed by atoms with van der Waals surface area (Å²) in [4.78, 5) is 101. The minimum absolute atomic E-state index is 0.0176. The van der Waals surface area contributed by atoms with E-state index in [4.69, 9.17) is 0 Å². The standard InChI is InChI=1S/C18H22N4O10/c23-11-5-6-12(24)21(11)31-15(27)3-1-9-19-17(29)18(30)20-10-2-4-16(28)32-22-13(25)7-8-14(22)26/h1-10H2,(H,19,29)(H,20,30). The number of hydrogen-bond acceptors (Lipinski definition) is 10. The highest BCUT2D eigenvalue weighted by Crippen LogP contribution is 2.13. The number of carbonyl (C=O) groups is 8. The molecule has 0 aromatic carbocycles. The fraction of sp³-hybridized carbons (Fsp3) is 0.556. The summed E-state index contributed by atoms with van der Waals surface area (Å²) >= 11 is 0. The summed E-state index contributed by atoms with van der Waals surface area (Å²) in [6.45, 7) is -0.0685. The summed E-state index contributed by atoms with van der Waals surface area (Å²) in [5.74, 6) is -5.95. The highest BCUT2D eigenvalue weighted by molar-refractivity contribution is 6.35. The number of nitrogens with one attached hydrogen (secondary N) is 2. The lowest BCUT2D eigenvalue weighted by Crippen LogP contribution is -2.41. The minimum atomic E-state index is -0.959. The highest BCUT2D eigenvalue weighted by atomic mass is 16.7. The fourth-order valence-corrected chi connectivity index (χ4v) is 2.64. The Labute approximate surface area is 181 Å². The fourth-order valence-electron chi connectivity index (χ4n) is 2.64. The van der Waals surface area contributed by atoms with E-state index in [-0.39, 0.29) is 64.5 Å². The molecule has 0 bridgehead atoms. The van der Waals surface area contributed by atoms with Gasteiger partial charge in [-0.15, -0.1) is 10.1 Å². The van der Waals surface area contributed by atoms with Crippen molar-refractivity contribution in [2.75, 3.05) is 13.1 Å². The number of imide groups is 2. The molecule has 2 rings (SSSR count). The summed E-state index contributed by atoms with van der Waals surface area (Å²) in [6.07, 6.45) is -0.243. The monoisotopic (exact) mass is 454 g/mol. The molecule has 0 saturated carbocycles. The first-order chi connectivity index (χ1) is 15.2. The van der Waals surface area contributed by atoms with E-state index < -0.39 is 47.4 Å². The quantitative estimate of drug-likeness (QED) is 0.212. The van der Waals surface area contributed by atoms with Crippen LogP contribution < -0.4 is 10.6 Å². The molecule has 0 atom stereocenters. The van der Waals surface area contributed by atoms with E-state index in [0.717, 1.165) is 0 Å². The summed E-state index contributed by atoms with van der Waals surface area (Å²) in [7, 11) is 0. The zero-order valence-electron chi connectivity index (χ0n) is 17.0. The van der Waals surface area contributed by atoms with Gasteiger partial charge in [0.05, 0.1) is 0 Å². The predicted molar refractivity (Wildman–Crippen MR) is 98.8 cm³/mol. The first-order valence-corrected chi connectivity index (χ1v) is 9.88. The molecule has 0 radical (unpaired) electrons. The molecule has 0 spiro atoms. The largest absolute Gasteiger partial charge is 0.348 e. The Bertz CT molecular complexity index is 740. The molecule has 2 saturated heterocycles. The number of carbonyl (C=O) groups excluding carboxylic acids is 8. The van der Waals surface area contributed by atoms with Crippen LogP contribution in [0.5, 0.6) is 0 Å². The van der Waals surface area contributed by atoms with E-state index in [1.54, 1.807) is 0 Å². The molecule has 14 heteroatoms. The average molecular weight is 454 g/mol. The molecule has 2 N–H and O–H groups in total. The lowest BCUT2D eigenvalue weighted by Gasteiger charge is -2.12. The third-order valence-electron chi connectivity index (χ3n) is 4.29. The second kappa shape index (κ2) is 11.5. The number of amides is 6. The third-order valence-corrected chi connectivity index (χ3v) is 4.29. The van der Waals surface area contributed by atoms with Gasteiger partial charge in [0.15, 0.2) is 0 Å². The van der Waals surface area contributed by atoms with Gasteiger partial charge in [-0.1, -0.05) is 0 Å². The lowest BCUT2D eigenvalue weighted by molar-refractivity contribution is -0.197. The van der Waals surface area contributed by atoms with Crippen molar-refractivity contribution in [1.29, 1.82) is 0 Å². The average Bonchev–Trinajstić information content (AvgIpc) is 3.24. The topological polar surface area (TPSA) is 186 Å². The number of hydroxylamine groups is 4. The second-order valence-electron chi connectivity index (χ2n) is 6.81. The molecule has 0 aromatic heterocycles. The van der Waals surface area contributed by atoms with Gasteiger partial charge in [0.2, 0.25) is 0 Å². The summed E-state index contributed by atoms with van der Waals surface area (Å²) < 4.78 is 0. The molecule has 2 aliphatic rings. The highest BCUT2D eigenvalue weighted by Gasteiger charge is 2.33. The van der Waals surface area contributed by atoms with Crippen LogP contribution in [0, 0.1) is 0 Å². The van der Waals surface area contributed by atoms with E-state index in [9.17, 15) is 38.4 Å². The molecule has 14 nitrogen and oxygen atoms in total. The van der Waals surface area contributed by atoms with Crippen LogP contribution in [0.2, 0.25) is 0 Å². The first-order valence-electron chi connectivity index (χ1n) is 9.88. The van der Waals surface area contributed by atoms with Crippen molar-refractivity contribution in [3.8, 4) is 0 Å². The van der Waals surface area contributed by atoms with Crippen LogP contribution >= 0.6 is 0 Å². The predicted octanol–water partition coefficient (Wildman–Crippen LogP) is -2.01. The Balaban J connectivity index is 1.53. The number of hydrogen-bond donors (Lipinski definition) is 2. The second-order valence-corrected chi connectivity index (χ2v) is 6.81. The van der Waals surface area contributed by atoms with E-state index in [1.165, 1.54) is 0 Å². The zero-order valence-corrected chi connectivity index (χ0v) is 17.0. The van der Waals surface area contributed by atoms with E-state index >= 15 is 0 Å². The van der Waals surface area contributed by atoms with Gasteiger partial charge >= 0.3 is 23.8 Å². The summed E-state index contributed by atoms with van der Waals surface area (Å²) in [6, 6.07) is 0. The molecule has 32 heavy (non-hydrogen) atoms. The maximum absolute atomic E-state index is 11.7. The molecular formula is C18H22N4O10. The minimum Gasteiger partial charge on any atom is -0.348 e. The van der Waals surface area contributed by atoms with E-state index in [1.807, 2.05) is 0 Å². The Morgan fingerprint density at radius 3 is 1.25 bits per heavy atom. The molecule has 6 amide bonds. The normalized spacial score (nSPS) is 15.8. The molecule has 0 aromatic rings. The van der Waals surface area contributed by atoms with E-state index in [0.29, 0.717) is 10.1 Å².